The zero-order chi connectivity index (χ0) is 22.9. The van der Waals surface area contributed by atoms with E-state index < -0.39 is 0 Å². The highest BCUT2D eigenvalue weighted by molar-refractivity contribution is 6.00. The van der Waals surface area contributed by atoms with Crippen LogP contribution in [0.3, 0.4) is 0 Å². The Morgan fingerprint density at radius 1 is 1.12 bits per heavy atom. The van der Waals surface area contributed by atoms with E-state index in [2.05, 4.69) is 16.4 Å². The Morgan fingerprint density at radius 3 is 2.64 bits per heavy atom. The summed E-state index contributed by atoms with van der Waals surface area (Å²) in [6.07, 6.45) is 3.65. The van der Waals surface area contributed by atoms with Crippen LogP contribution in [-0.2, 0) is 0 Å². The summed E-state index contributed by atoms with van der Waals surface area (Å²) in [6, 6.07) is 16.7. The first-order valence-electron chi connectivity index (χ1n) is 10.5. The monoisotopic (exact) mass is 439 g/mol. The smallest absolute Gasteiger partial charge is 0.253 e. The van der Waals surface area contributed by atoms with Crippen molar-refractivity contribution in [3.8, 4) is 34.6 Å². The Hall–Kier alpha value is -4.38. The fourth-order valence-corrected chi connectivity index (χ4v) is 3.73. The minimum absolute atomic E-state index is 0.171. The number of ether oxygens (including phenoxy) is 2. The minimum Gasteiger partial charge on any atom is -0.493 e. The van der Waals surface area contributed by atoms with Crippen molar-refractivity contribution in [1.82, 2.24) is 19.9 Å². The Bertz CT molecular complexity index is 1420. The third-order valence-electron chi connectivity index (χ3n) is 5.60. The highest BCUT2D eigenvalue weighted by Gasteiger charge is 2.26. The van der Waals surface area contributed by atoms with Crippen molar-refractivity contribution in [2.75, 3.05) is 14.2 Å². The number of hydrogen-bond acceptors (Lipinski definition) is 6. The third kappa shape index (κ3) is 3.85. The summed E-state index contributed by atoms with van der Waals surface area (Å²) in [5.41, 5.74) is 3.67. The second kappa shape index (κ2) is 8.28. The highest BCUT2D eigenvalue weighted by atomic mass is 16.5. The van der Waals surface area contributed by atoms with Crippen LogP contribution in [-0.4, -0.2) is 40.7 Å². The van der Waals surface area contributed by atoms with Crippen LogP contribution in [0.1, 0.15) is 28.8 Å². The Labute approximate surface area is 190 Å². The summed E-state index contributed by atoms with van der Waals surface area (Å²) in [7, 11) is 3.16. The maximum Gasteiger partial charge on any atom is 0.253 e. The van der Waals surface area contributed by atoms with Gasteiger partial charge in [-0.05, 0) is 37.1 Å². The number of rotatable bonds is 6. The Balaban J connectivity index is 1.66. The molecule has 5 rings (SSSR count). The molecule has 1 N–H and O–H groups in total. The summed E-state index contributed by atoms with van der Waals surface area (Å²) in [5.74, 6) is 1.58. The average Bonchev–Trinajstić information content (AvgIpc) is 3.58. The van der Waals surface area contributed by atoms with E-state index in [0.29, 0.717) is 39.7 Å². The topological polar surface area (TPSA) is 102 Å². The fourth-order valence-electron chi connectivity index (χ4n) is 3.73. The predicted octanol–water partition coefficient (Wildman–Crippen LogP) is 3.87. The lowest BCUT2D eigenvalue weighted by molar-refractivity contribution is 0.0951. The van der Waals surface area contributed by atoms with E-state index in [1.807, 2.05) is 16.7 Å². The average molecular weight is 439 g/mol. The van der Waals surface area contributed by atoms with Crippen LogP contribution in [0.4, 0.5) is 0 Å². The first-order valence-corrected chi connectivity index (χ1v) is 10.5. The molecule has 1 amide bonds. The summed E-state index contributed by atoms with van der Waals surface area (Å²) in [4.78, 5) is 22.3. The zero-order valence-corrected chi connectivity index (χ0v) is 18.2. The molecule has 1 saturated carbocycles. The molecule has 1 fully saturated rings. The van der Waals surface area contributed by atoms with Gasteiger partial charge in [0.15, 0.2) is 11.5 Å². The quantitative estimate of drug-likeness (QED) is 0.489. The second-order valence-corrected chi connectivity index (χ2v) is 7.82. The zero-order valence-electron chi connectivity index (χ0n) is 18.2. The van der Waals surface area contributed by atoms with Gasteiger partial charge in [0, 0.05) is 23.7 Å². The molecule has 0 atom stereocenters. The van der Waals surface area contributed by atoms with E-state index in [-0.39, 0.29) is 11.9 Å². The van der Waals surface area contributed by atoms with Gasteiger partial charge in [0.1, 0.15) is 12.1 Å². The number of aromatic nitrogens is 3. The van der Waals surface area contributed by atoms with Crippen molar-refractivity contribution < 1.29 is 14.3 Å². The molecule has 8 nitrogen and oxygen atoms in total. The van der Waals surface area contributed by atoms with E-state index in [4.69, 9.17) is 14.5 Å². The van der Waals surface area contributed by atoms with Gasteiger partial charge in [0.2, 0.25) is 0 Å². The van der Waals surface area contributed by atoms with Crippen LogP contribution in [0.25, 0.3) is 28.1 Å². The first-order chi connectivity index (χ1) is 16.1. The van der Waals surface area contributed by atoms with Gasteiger partial charge in [0.05, 0.1) is 48.1 Å². The summed E-state index contributed by atoms with van der Waals surface area (Å²) < 4.78 is 12.7. The Kier molecular flexibility index (Phi) is 5.15. The first kappa shape index (κ1) is 20.5. The molecule has 0 spiro atoms. The number of carbonyl (C=O) groups is 1. The number of amides is 1. The van der Waals surface area contributed by atoms with E-state index in [1.165, 1.54) is 0 Å². The lowest BCUT2D eigenvalue weighted by Gasteiger charge is -2.13. The highest BCUT2D eigenvalue weighted by Crippen LogP contribution is 2.33. The maximum absolute atomic E-state index is 12.9. The molecule has 2 heterocycles. The molecular weight excluding hydrogens is 418 g/mol. The third-order valence-corrected chi connectivity index (χ3v) is 5.60. The van der Waals surface area contributed by atoms with Gasteiger partial charge >= 0.3 is 0 Å². The van der Waals surface area contributed by atoms with Crippen molar-refractivity contribution in [1.29, 1.82) is 5.26 Å². The van der Waals surface area contributed by atoms with Crippen molar-refractivity contribution in [2.45, 2.75) is 18.9 Å². The van der Waals surface area contributed by atoms with Crippen LogP contribution in [0.2, 0.25) is 0 Å². The molecule has 2 aromatic heterocycles. The van der Waals surface area contributed by atoms with Gasteiger partial charge in [-0.15, -0.1) is 0 Å². The number of benzene rings is 2. The molecular formula is C25H21N5O3. The summed E-state index contributed by atoms with van der Waals surface area (Å²) in [6.45, 7) is 0. The van der Waals surface area contributed by atoms with Crippen molar-refractivity contribution in [3.05, 3.63) is 66.0 Å². The molecule has 0 radical (unpaired) electrons. The molecule has 8 heteroatoms. The summed E-state index contributed by atoms with van der Waals surface area (Å²) in [5, 5.41) is 12.4. The molecule has 1 aliphatic rings. The largest absolute Gasteiger partial charge is 0.493 e. The number of methoxy groups -OCH3 is 2. The maximum atomic E-state index is 12.9. The van der Waals surface area contributed by atoms with Crippen molar-refractivity contribution in [2.24, 2.45) is 0 Å². The fraction of sp³-hybridized carbons (Fsp3) is 0.200. The van der Waals surface area contributed by atoms with E-state index >= 15 is 0 Å². The number of hydrogen-bond donors (Lipinski definition) is 1. The van der Waals surface area contributed by atoms with Gasteiger partial charge in [-0.25, -0.2) is 9.97 Å². The standard InChI is InChI=1S/C25H21N5O3/c1-32-21-11-19-20(12-22(21)33-2)30(14-27-19)23-9-8-18(25(31)28-17-6-7-17)24(29-23)16-5-3-4-15(10-16)13-26/h3-5,8-12,14,17H,6-7H2,1-2H3,(H,28,31). The van der Waals surface area contributed by atoms with Crippen LogP contribution in [0, 0.1) is 11.3 Å². The molecule has 1 aliphatic carbocycles. The van der Waals surface area contributed by atoms with E-state index in [1.54, 1.807) is 56.9 Å². The molecule has 164 valence electrons. The number of nitriles is 1. The lowest BCUT2D eigenvalue weighted by atomic mass is 10.0. The van der Waals surface area contributed by atoms with E-state index in [9.17, 15) is 10.1 Å². The van der Waals surface area contributed by atoms with E-state index in [0.717, 1.165) is 23.9 Å². The van der Waals surface area contributed by atoms with Gasteiger partial charge < -0.3 is 14.8 Å². The predicted molar refractivity (Wildman–Crippen MR) is 123 cm³/mol. The van der Waals surface area contributed by atoms with Crippen molar-refractivity contribution >= 4 is 16.9 Å². The Morgan fingerprint density at radius 2 is 1.91 bits per heavy atom. The van der Waals surface area contributed by atoms with Gasteiger partial charge in [0.25, 0.3) is 5.91 Å². The molecule has 0 unspecified atom stereocenters. The number of fused-ring (bicyclic) bond motifs is 1. The molecule has 33 heavy (non-hydrogen) atoms. The molecule has 0 saturated heterocycles. The van der Waals surface area contributed by atoms with Gasteiger partial charge in [-0.3, -0.25) is 9.36 Å². The molecule has 0 aliphatic heterocycles. The molecule has 2 aromatic carbocycles. The normalized spacial score (nSPS) is 12.9. The minimum atomic E-state index is -0.171. The van der Waals surface area contributed by atoms with Crippen LogP contribution in [0.5, 0.6) is 11.5 Å². The number of nitrogens with one attached hydrogen (secondary N) is 1. The number of carbonyl (C=O) groups excluding carboxylic acids is 1. The van der Waals surface area contributed by atoms with Crippen LogP contribution in [0.15, 0.2) is 54.9 Å². The van der Waals surface area contributed by atoms with Gasteiger partial charge in [-0.2, -0.15) is 5.26 Å². The second-order valence-electron chi connectivity index (χ2n) is 7.82. The summed E-state index contributed by atoms with van der Waals surface area (Å²) >= 11 is 0. The van der Waals surface area contributed by atoms with Crippen LogP contribution >= 0.6 is 0 Å². The number of nitrogens with zero attached hydrogens (tertiary/aromatic N) is 4. The van der Waals surface area contributed by atoms with Gasteiger partial charge in [-0.1, -0.05) is 12.1 Å². The van der Waals surface area contributed by atoms with Crippen molar-refractivity contribution in [3.63, 3.8) is 0 Å². The van der Waals surface area contributed by atoms with Crippen LogP contribution < -0.4 is 14.8 Å². The number of imidazole rings is 1. The molecule has 4 aromatic rings. The lowest BCUT2D eigenvalue weighted by Crippen LogP contribution is -2.26. The molecule has 0 bridgehead atoms. The SMILES string of the molecule is COc1cc2ncn(-c3ccc(C(=O)NC4CC4)c(-c4cccc(C#N)c4)n3)c2cc1OC. The number of pyridine rings is 1.